The number of aryl methyl sites for hydroxylation is 1. The second-order valence-electron chi connectivity index (χ2n) is 10.4. The smallest absolute Gasteiger partial charge is 0.263 e. The Hall–Kier alpha value is -3.33. The number of nitrogens with one attached hydrogen (secondary N) is 1. The Morgan fingerprint density at radius 3 is 2.49 bits per heavy atom. The van der Waals surface area contributed by atoms with Gasteiger partial charge in [-0.3, -0.25) is 14.2 Å². The molecule has 2 bridgehead atoms. The van der Waals surface area contributed by atoms with Crippen LogP contribution in [-0.2, 0) is 5.54 Å². The van der Waals surface area contributed by atoms with Gasteiger partial charge in [0.2, 0.25) is 5.95 Å². The van der Waals surface area contributed by atoms with Crippen molar-refractivity contribution in [1.82, 2.24) is 19.4 Å². The van der Waals surface area contributed by atoms with Gasteiger partial charge in [-0.1, -0.05) is 0 Å². The summed E-state index contributed by atoms with van der Waals surface area (Å²) in [4.78, 5) is 39.2. The van der Waals surface area contributed by atoms with Gasteiger partial charge in [-0.15, -0.1) is 0 Å². The van der Waals surface area contributed by atoms with Gasteiger partial charge in [0, 0.05) is 43.4 Å². The lowest BCUT2D eigenvalue weighted by Crippen LogP contribution is -2.62. The number of aromatic nitrogens is 3. The number of rotatable bonds is 5. The summed E-state index contributed by atoms with van der Waals surface area (Å²) in [6.45, 7) is 6.58. The van der Waals surface area contributed by atoms with Crippen LogP contribution in [0.2, 0.25) is 0 Å². The first-order valence-corrected chi connectivity index (χ1v) is 12.2. The normalized spacial score (nSPS) is 23.7. The Balaban J connectivity index is 1.36. The van der Waals surface area contributed by atoms with Gasteiger partial charge in [0.05, 0.1) is 16.8 Å². The summed E-state index contributed by atoms with van der Waals surface area (Å²) in [5.74, 6) is 0.403. The van der Waals surface area contributed by atoms with Crippen LogP contribution in [0.1, 0.15) is 42.1 Å². The molecule has 0 spiro atoms. The predicted molar refractivity (Wildman–Crippen MR) is 133 cm³/mol. The van der Waals surface area contributed by atoms with Crippen molar-refractivity contribution < 1.29 is 9.18 Å². The van der Waals surface area contributed by atoms with E-state index in [2.05, 4.69) is 27.1 Å². The van der Waals surface area contributed by atoms with Gasteiger partial charge in [-0.2, -0.15) is 4.98 Å². The number of piperazine rings is 1. The minimum atomic E-state index is -0.298. The second-order valence-corrected chi connectivity index (χ2v) is 10.4. The van der Waals surface area contributed by atoms with Crippen molar-refractivity contribution in [3.05, 3.63) is 51.7 Å². The van der Waals surface area contributed by atoms with Crippen LogP contribution in [-0.4, -0.2) is 58.4 Å². The lowest BCUT2D eigenvalue weighted by atomic mass is 9.49. The van der Waals surface area contributed by atoms with Gasteiger partial charge < -0.3 is 15.1 Å². The maximum atomic E-state index is 15.0. The molecule has 1 aliphatic heterocycles. The molecule has 1 aromatic carbocycles. The molecule has 0 unspecified atom stereocenters. The van der Waals surface area contributed by atoms with E-state index in [1.165, 1.54) is 13.0 Å². The first kappa shape index (κ1) is 22.2. The summed E-state index contributed by atoms with van der Waals surface area (Å²) >= 11 is 0. The Morgan fingerprint density at radius 1 is 1.17 bits per heavy atom. The van der Waals surface area contributed by atoms with E-state index in [1.54, 1.807) is 23.8 Å². The van der Waals surface area contributed by atoms with Crippen molar-refractivity contribution in [2.45, 2.75) is 38.6 Å². The molecule has 3 aromatic rings. The van der Waals surface area contributed by atoms with E-state index >= 15 is 0 Å². The molecule has 7 rings (SSSR count). The summed E-state index contributed by atoms with van der Waals surface area (Å²) in [6.07, 6.45) is 4.47. The Labute approximate surface area is 202 Å². The first-order chi connectivity index (χ1) is 16.8. The number of Topliss-reactive ketones (excluding diaryl/α,β-unsaturated/α-hetero) is 1. The fraction of sp³-hybridized carbons (Fsp3) is 0.462. The zero-order valence-electron chi connectivity index (χ0n) is 20.3. The standard InChI is InChI=1S/C26H29FN6O2/c1-15-19-14-28-25(29-18-4-5-21(20(27)10-18)32-8-6-31(3)7-9-32)30-23(19)33(24(35)22(15)16(2)34)26-11-17(12-26)13-26/h4-5,10,14,17H,6-9,11-13H2,1-3H3,(H,28,29,30). The minimum Gasteiger partial charge on any atom is -0.367 e. The van der Waals surface area contributed by atoms with E-state index in [9.17, 15) is 14.0 Å². The van der Waals surface area contributed by atoms with Crippen LogP contribution in [0.15, 0.2) is 29.2 Å². The SMILES string of the molecule is CC(=O)c1c(C)c2cnc(Nc3ccc(N4CCN(C)CC4)c(F)c3)nc2n(C23CC(C2)C3)c1=O. The topological polar surface area (TPSA) is 83.4 Å². The summed E-state index contributed by atoms with van der Waals surface area (Å²) in [5, 5.41) is 3.80. The zero-order chi connectivity index (χ0) is 24.5. The van der Waals surface area contributed by atoms with Crippen LogP contribution in [0, 0.1) is 18.7 Å². The lowest BCUT2D eigenvalue weighted by molar-refractivity contribution is -0.0884. The molecule has 3 heterocycles. The van der Waals surface area contributed by atoms with E-state index < -0.39 is 0 Å². The Morgan fingerprint density at radius 2 is 1.89 bits per heavy atom. The van der Waals surface area contributed by atoms with E-state index in [0.717, 1.165) is 45.4 Å². The lowest BCUT2D eigenvalue weighted by Gasteiger charge is -2.62. The molecular weight excluding hydrogens is 447 g/mol. The molecule has 0 atom stereocenters. The van der Waals surface area contributed by atoms with Crippen LogP contribution in [0.5, 0.6) is 0 Å². The summed E-state index contributed by atoms with van der Waals surface area (Å²) < 4.78 is 16.7. The molecule has 182 valence electrons. The maximum absolute atomic E-state index is 15.0. The summed E-state index contributed by atoms with van der Waals surface area (Å²) in [6, 6.07) is 5.06. The number of hydrogen-bond acceptors (Lipinski definition) is 7. The van der Waals surface area contributed by atoms with Crippen LogP contribution < -0.4 is 15.8 Å². The van der Waals surface area contributed by atoms with Crippen molar-refractivity contribution in [3.8, 4) is 0 Å². The van der Waals surface area contributed by atoms with Crippen LogP contribution in [0.25, 0.3) is 11.0 Å². The highest BCUT2D eigenvalue weighted by Crippen LogP contribution is 2.62. The number of carbonyl (C=O) groups is 1. The third kappa shape index (κ3) is 3.43. The zero-order valence-corrected chi connectivity index (χ0v) is 20.3. The van der Waals surface area contributed by atoms with Crippen molar-refractivity contribution in [2.75, 3.05) is 43.4 Å². The van der Waals surface area contributed by atoms with E-state index in [1.807, 2.05) is 6.07 Å². The maximum Gasteiger partial charge on any atom is 0.263 e. The van der Waals surface area contributed by atoms with Gasteiger partial charge in [0.25, 0.3) is 5.56 Å². The first-order valence-electron chi connectivity index (χ1n) is 12.2. The van der Waals surface area contributed by atoms with Gasteiger partial charge >= 0.3 is 0 Å². The van der Waals surface area contributed by atoms with Gasteiger partial charge in [-0.25, -0.2) is 9.37 Å². The molecule has 3 aliphatic carbocycles. The molecule has 0 radical (unpaired) electrons. The number of carbonyl (C=O) groups excluding carboxylic acids is 1. The number of benzene rings is 1. The van der Waals surface area contributed by atoms with Crippen molar-refractivity contribution in [1.29, 1.82) is 0 Å². The summed E-state index contributed by atoms with van der Waals surface area (Å²) in [5.41, 5.74) is 1.96. The van der Waals surface area contributed by atoms with Crippen LogP contribution >= 0.6 is 0 Å². The Kier molecular flexibility index (Phi) is 4.96. The van der Waals surface area contributed by atoms with E-state index in [4.69, 9.17) is 4.98 Å². The number of ketones is 1. The average molecular weight is 477 g/mol. The number of pyridine rings is 1. The molecule has 1 N–H and O–H groups in total. The third-order valence-corrected chi connectivity index (χ3v) is 8.06. The molecule has 35 heavy (non-hydrogen) atoms. The van der Waals surface area contributed by atoms with Gasteiger partial charge in [0.15, 0.2) is 5.78 Å². The highest BCUT2D eigenvalue weighted by atomic mass is 19.1. The highest BCUT2D eigenvalue weighted by molar-refractivity contribution is 5.99. The second kappa shape index (κ2) is 7.84. The predicted octanol–water partition coefficient (Wildman–Crippen LogP) is 3.45. The molecule has 1 saturated heterocycles. The molecule has 4 fully saturated rings. The molecule has 4 aliphatic rings. The Bertz CT molecular complexity index is 1410. The number of likely N-dealkylation sites (N-methyl/N-ethyl adjacent to an activating group) is 1. The largest absolute Gasteiger partial charge is 0.367 e. The summed E-state index contributed by atoms with van der Waals surface area (Å²) in [7, 11) is 2.07. The average Bonchev–Trinajstić information content (AvgIpc) is 2.75. The highest BCUT2D eigenvalue weighted by Gasteiger charge is 2.59. The van der Waals surface area contributed by atoms with Crippen LogP contribution in [0.4, 0.5) is 21.7 Å². The molecule has 2 aromatic heterocycles. The van der Waals surface area contributed by atoms with Gasteiger partial charge in [0.1, 0.15) is 11.5 Å². The molecule has 8 nitrogen and oxygen atoms in total. The number of fused-ring (bicyclic) bond motifs is 1. The van der Waals surface area contributed by atoms with Crippen molar-refractivity contribution in [2.24, 2.45) is 5.92 Å². The monoisotopic (exact) mass is 476 g/mol. The third-order valence-electron chi connectivity index (χ3n) is 8.06. The van der Waals surface area contributed by atoms with E-state index in [0.29, 0.717) is 39.8 Å². The molecule has 3 saturated carbocycles. The van der Waals surface area contributed by atoms with Gasteiger partial charge in [-0.05, 0) is 69.8 Å². The quantitative estimate of drug-likeness (QED) is 0.565. The fourth-order valence-electron chi connectivity index (χ4n) is 5.95. The number of hydrogen-bond donors (Lipinski definition) is 1. The van der Waals surface area contributed by atoms with Crippen molar-refractivity contribution >= 4 is 34.1 Å². The minimum absolute atomic E-state index is 0.216. The molecule has 9 heteroatoms. The number of halogens is 1. The number of anilines is 3. The molecule has 0 amide bonds. The van der Waals surface area contributed by atoms with E-state index in [-0.39, 0.29) is 28.3 Å². The van der Waals surface area contributed by atoms with Crippen molar-refractivity contribution in [3.63, 3.8) is 0 Å². The number of nitrogens with zero attached hydrogens (tertiary/aromatic N) is 5. The molecular formula is C26H29FN6O2. The van der Waals surface area contributed by atoms with Crippen LogP contribution in [0.3, 0.4) is 0 Å². The fourth-order valence-corrected chi connectivity index (χ4v) is 5.95.